The molecule has 1 saturated heterocycles. The van der Waals surface area contributed by atoms with E-state index in [1.165, 1.54) is 4.88 Å². The van der Waals surface area contributed by atoms with Gasteiger partial charge in [0, 0.05) is 53.3 Å². The number of benzene rings is 1. The first-order valence-corrected chi connectivity index (χ1v) is 10.5. The molecule has 0 radical (unpaired) electrons. The van der Waals surface area contributed by atoms with Crippen LogP contribution in [0.1, 0.15) is 28.3 Å². The lowest BCUT2D eigenvalue weighted by atomic mass is 9.74. The van der Waals surface area contributed by atoms with E-state index >= 15 is 0 Å². The lowest BCUT2D eigenvalue weighted by Gasteiger charge is -2.38. The lowest BCUT2D eigenvalue weighted by Crippen LogP contribution is -2.48. The normalized spacial score (nSPS) is 17.0. The van der Waals surface area contributed by atoms with E-state index in [0.29, 0.717) is 36.3 Å². The summed E-state index contributed by atoms with van der Waals surface area (Å²) in [5, 5.41) is 9.19. The molecule has 1 fully saturated rings. The minimum Gasteiger partial charge on any atom is -0.381 e. The van der Waals surface area contributed by atoms with Gasteiger partial charge in [0.25, 0.3) is 0 Å². The minimum absolute atomic E-state index is 0.116. The van der Waals surface area contributed by atoms with E-state index in [9.17, 15) is 0 Å². The van der Waals surface area contributed by atoms with E-state index in [2.05, 4.69) is 27.5 Å². The Morgan fingerprint density at radius 1 is 1.30 bits per heavy atom. The lowest BCUT2D eigenvalue weighted by molar-refractivity contribution is 0.0514. The van der Waals surface area contributed by atoms with Crippen LogP contribution in [0, 0.1) is 6.92 Å². The molecule has 2 aromatic rings. The van der Waals surface area contributed by atoms with Crippen molar-refractivity contribution in [2.45, 2.75) is 31.7 Å². The number of nitrogens with one attached hydrogen (secondary N) is 2. The topological polar surface area (TPSA) is 58.5 Å². The molecule has 1 aliphatic rings. The predicted octanol–water partition coefficient (Wildman–Crippen LogP) is 4.17. The molecule has 3 rings (SSSR count). The summed E-state index contributed by atoms with van der Waals surface area (Å²) in [4.78, 5) is 9.92. The number of ether oxygens (including phenoxy) is 1. The van der Waals surface area contributed by atoms with Crippen LogP contribution in [0.3, 0.4) is 0 Å². The maximum atomic E-state index is 6.54. The van der Waals surface area contributed by atoms with Crippen LogP contribution in [0.5, 0.6) is 0 Å². The molecule has 0 unspecified atom stereocenters. The zero-order valence-corrected chi connectivity index (χ0v) is 17.8. The summed E-state index contributed by atoms with van der Waals surface area (Å²) < 4.78 is 5.60. The van der Waals surface area contributed by atoms with E-state index < -0.39 is 0 Å². The molecule has 0 atom stereocenters. The summed E-state index contributed by atoms with van der Waals surface area (Å²) in [6.07, 6.45) is 3.67. The van der Waals surface area contributed by atoms with Gasteiger partial charge < -0.3 is 15.4 Å². The zero-order chi connectivity index (χ0) is 19.3. The summed E-state index contributed by atoms with van der Waals surface area (Å²) in [7, 11) is 1.77. The second kappa shape index (κ2) is 9.24. The third-order valence-electron chi connectivity index (χ3n) is 4.85. The van der Waals surface area contributed by atoms with Crippen molar-refractivity contribution in [3.63, 3.8) is 0 Å². The third-order valence-corrected chi connectivity index (χ3v) is 6.31. The monoisotopic (exact) mass is 426 g/mol. The Kier molecular flexibility index (Phi) is 6.98. The summed E-state index contributed by atoms with van der Waals surface area (Å²) in [5.74, 6) is 0.749. The number of aryl methyl sites for hydroxylation is 1. The fourth-order valence-electron chi connectivity index (χ4n) is 3.34. The number of halogens is 2. The SMILES string of the molecule is CN=C(NCc1ncc(C)s1)NCC1(c2ccc(Cl)cc2Cl)CCOCC1. The average molecular weight is 427 g/mol. The Morgan fingerprint density at radius 2 is 2.07 bits per heavy atom. The van der Waals surface area contributed by atoms with Crippen LogP contribution in [0.25, 0.3) is 0 Å². The van der Waals surface area contributed by atoms with Crippen LogP contribution in [0.4, 0.5) is 0 Å². The Hall–Kier alpha value is -1.34. The molecule has 27 heavy (non-hydrogen) atoms. The van der Waals surface area contributed by atoms with Gasteiger partial charge in [-0.15, -0.1) is 11.3 Å². The Morgan fingerprint density at radius 3 is 2.70 bits per heavy atom. The summed E-state index contributed by atoms with van der Waals surface area (Å²) in [6, 6.07) is 5.75. The van der Waals surface area contributed by atoms with Crippen molar-refractivity contribution in [1.29, 1.82) is 0 Å². The Bertz CT molecular complexity index is 803. The van der Waals surface area contributed by atoms with Crippen LogP contribution in [-0.4, -0.2) is 37.7 Å². The molecule has 5 nitrogen and oxygen atoms in total. The molecule has 8 heteroatoms. The largest absolute Gasteiger partial charge is 0.381 e. The summed E-state index contributed by atoms with van der Waals surface area (Å²) in [5.41, 5.74) is 0.991. The first-order valence-electron chi connectivity index (χ1n) is 8.91. The number of hydrogen-bond acceptors (Lipinski definition) is 4. The first kappa shape index (κ1) is 20.4. The Balaban J connectivity index is 1.70. The van der Waals surface area contributed by atoms with Crippen LogP contribution < -0.4 is 10.6 Å². The van der Waals surface area contributed by atoms with Crippen molar-refractivity contribution >= 4 is 40.5 Å². The fourth-order valence-corrected chi connectivity index (χ4v) is 4.67. The van der Waals surface area contributed by atoms with Gasteiger partial charge in [-0.25, -0.2) is 4.98 Å². The molecule has 1 aromatic heterocycles. The molecule has 2 heterocycles. The molecule has 146 valence electrons. The highest BCUT2D eigenvalue weighted by Crippen LogP contribution is 2.39. The van der Waals surface area contributed by atoms with Crippen molar-refractivity contribution in [1.82, 2.24) is 15.6 Å². The number of guanidine groups is 1. The van der Waals surface area contributed by atoms with Gasteiger partial charge in [-0.1, -0.05) is 29.3 Å². The second-order valence-corrected chi connectivity index (χ2v) is 8.82. The second-order valence-electron chi connectivity index (χ2n) is 6.66. The van der Waals surface area contributed by atoms with Gasteiger partial charge in [0.05, 0.1) is 6.54 Å². The molecule has 1 aliphatic heterocycles. The van der Waals surface area contributed by atoms with Crippen LogP contribution in [0.15, 0.2) is 29.4 Å². The highest BCUT2D eigenvalue weighted by atomic mass is 35.5. The molecule has 0 spiro atoms. The quantitative estimate of drug-likeness (QED) is 0.556. The number of rotatable bonds is 5. The molecule has 0 amide bonds. The summed E-state index contributed by atoms with van der Waals surface area (Å²) in [6.45, 7) is 4.85. The number of hydrogen-bond donors (Lipinski definition) is 2. The van der Waals surface area contributed by atoms with Gasteiger partial charge in [0.15, 0.2) is 5.96 Å². The van der Waals surface area contributed by atoms with Crippen molar-refractivity contribution in [2.75, 3.05) is 26.8 Å². The number of thiazole rings is 1. The molecule has 0 saturated carbocycles. The molecule has 2 N–H and O–H groups in total. The van der Waals surface area contributed by atoms with Gasteiger partial charge >= 0.3 is 0 Å². The molecule has 0 aliphatic carbocycles. The van der Waals surface area contributed by atoms with Crippen molar-refractivity contribution < 1.29 is 4.74 Å². The van der Waals surface area contributed by atoms with E-state index in [1.54, 1.807) is 18.4 Å². The highest BCUT2D eigenvalue weighted by Gasteiger charge is 2.36. The smallest absolute Gasteiger partial charge is 0.191 e. The molecule has 0 bridgehead atoms. The highest BCUT2D eigenvalue weighted by molar-refractivity contribution is 7.11. The first-order chi connectivity index (χ1) is 13.0. The van der Waals surface area contributed by atoms with Crippen molar-refractivity contribution in [3.05, 3.63) is 49.9 Å². The number of aromatic nitrogens is 1. The van der Waals surface area contributed by atoms with E-state index in [4.69, 9.17) is 27.9 Å². The maximum absolute atomic E-state index is 6.54. The van der Waals surface area contributed by atoms with Gasteiger partial charge in [-0.2, -0.15) is 0 Å². The van der Waals surface area contributed by atoms with E-state index in [0.717, 1.165) is 29.4 Å². The number of aliphatic imine (C=N–C) groups is 1. The van der Waals surface area contributed by atoms with Crippen molar-refractivity contribution in [3.8, 4) is 0 Å². The minimum atomic E-state index is -0.116. The van der Waals surface area contributed by atoms with E-state index in [-0.39, 0.29) is 5.41 Å². The number of nitrogens with zero attached hydrogens (tertiary/aromatic N) is 2. The molecular formula is C19H24Cl2N4OS. The van der Waals surface area contributed by atoms with Gasteiger partial charge in [-0.3, -0.25) is 4.99 Å². The fraction of sp³-hybridized carbons (Fsp3) is 0.474. The predicted molar refractivity (Wildman–Crippen MR) is 113 cm³/mol. The molecule has 1 aromatic carbocycles. The third kappa shape index (κ3) is 5.13. The van der Waals surface area contributed by atoms with E-state index in [1.807, 2.05) is 24.4 Å². The van der Waals surface area contributed by atoms with Crippen LogP contribution in [0.2, 0.25) is 10.0 Å². The average Bonchev–Trinajstić information content (AvgIpc) is 3.08. The standard InChI is InChI=1S/C19H24Cl2N4OS/c1-13-10-23-17(27-13)11-24-18(22-2)25-12-19(5-7-26-8-6-19)15-4-3-14(20)9-16(15)21/h3-4,9-10H,5-8,11-12H2,1-2H3,(H2,22,24,25). The van der Waals surface area contributed by atoms with Gasteiger partial charge in [0.2, 0.25) is 0 Å². The van der Waals surface area contributed by atoms with Crippen LogP contribution >= 0.6 is 34.5 Å². The van der Waals surface area contributed by atoms with Gasteiger partial charge in [0.1, 0.15) is 5.01 Å². The van der Waals surface area contributed by atoms with Crippen LogP contribution in [-0.2, 0) is 16.7 Å². The van der Waals surface area contributed by atoms with Crippen molar-refractivity contribution in [2.24, 2.45) is 4.99 Å². The maximum Gasteiger partial charge on any atom is 0.191 e. The molecular weight excluding hydrogens is 403 g/mol. The Labute approximate surface area is 174 Å². The summed E-state index contributed by atoms with van der Waals surface area (Å²) >= 11 is 14.3. The van der Waals surface area contributed by atoms with Gasteiger partial charge in [-0.05, 0) is 37.5 Å². The zero-order valence-electron chi connectivity index (χ0n) is 15.5.